The number of hydrogen-bond donors (Lipinski definition) is 2. The highest BCUT2D eigenvalue weighted by Crippen LogP contribution is 2.35. The summed E-state index contributed by atoms with van der Waals surface area (Å²) < 4.78 is 11.0. The van der Waals surface area contributed by atoms with Crippen LogP contribution in [0.3, 0.4) is 0 Å². The third-order valence-corrected chi connectivity index (χ3v) is 5.91. The highest BCUT2D eigenvalue weighted by Gasteiger charge is 2.21. The van der Waals surface area contributed by atoms with E-state index in [9.17, 15) is 4.79 Å². The van der Waals surface area contributed by atoms with Gasteiger partial charge in [0.2, 0.25) is 0 Å². The number of carbonyl (C=O) groups is 1. The molecule has 0 bridgehead atoms. The summed E-state index contributed by atoms with van der Waals surface area (Å²) in [4.78, 5) is 17.3. The maximum absolute atomic E-state index is 12.7. The van der Waals surface area contributed by atoms with E-state index >= 15 is 0 Å². The standard InChI is InChI=1S/C22H25ClN4O3S/c1-2-26-8-10-27(11-9-26)20-16(23)4-3-5-17(20)24-22(31)25-21(28)15-6-7-18-19(14-15)30-13-12-29-18/h3-7,14H,2,8-13H2,1H3,(H2,24,25,28,31). The van der Waals surface area contributed by atoms with Gasteiger partial charge in [0.1, 0.15) is 13.2 Å². The third-order valence-electron chi connectivity index (χ3n) is 5.40. The Balaban J connectivity index is 1.44. The molecule has 0 unspecified atom stereocenters. The Bertz CT molecular complexity index is 979. The van der Waals surface area contributed by atoms with E-state index in [4.69, 9.17) is 33.3 Å². The number of rotatable bonds is 4. The van der Waals surface area contributed by atoms with Crippen LogP contribution in [-0.4, -0.2) is 61.9 Å². The molecule has 4 rings (SSSR count). The van der Waals surface area contributed by atoms with E-state index in [1.54, 1.807) is 18.2 Å². The quantitative estimate of drug-likeness (QED) is 0.678. The average Bonchev–Trinajstić information content (AvgIpc) is 2.79. The van der Waals surface area contributed by atoms with Gasteiger partial charge in [-0.25, -0.2) is 0 Å². The average molecular weight is 461 g/mol. The number of anilines is 2. The number of piperazine rings is 1. The summed E-state index contributed by atoms with van der Waals surface area (Å²) in [6, 6.07) is 10.7. The number of hydrogen-bond acceptors (Lipinski definition) is 6. The van der Waals surface area contributed by atoms with Crippen LogP contribution >= 0.6 is 23.8 Å². The van der Waals surface area contributed by atoms with Gasteiger partial charge >= 0.3 is 0 Å². The molecule has 0 saturated carbocycles. The highest BCUT2D eigenvalue weighted by atomic mass is 35.5. The number of thiocarbonyl (C=S) groups is 1. The van der Waals surface area contributed by atoms with Gasteiger partial charge in [-0.3, -0.25) is 10.1 Å². The number of carbonyl (C=O) groups excluding carboxylic acids is 1. The number of ether oxygens (including phenoxy) is 2. The summed E-state index contributed by atoms with van der Waals surface area (Å²) in [6.45, 7) is 7.88. The predicted octanol–water partition coefficient (Wildman–Crippen LogP) is 3.38. The molecule has 164 valence electrons. The van der Waals surface area contributed by atoms with Gasteiger partial charge < -0.3 is 24.6 Å². The van der Waals surface area contributed by atoms with Crippen LogP contribution in [0.2, 0.25) is 5.02 Å². The molecule has 2 aromatic carbocycles. The van der Waals surface area contributed by atoms with Gasteiger partial charge in [-0.05, 0) is 49.1 Å². The van der Waals surface area contributed by atoms with Gasteiger partial charge in [0.15, 0.2) is 16.6 Å². The third kappa shape index (κ3) is 5.03. The first kappa shape index (κ1) is 21.7. The molecule has 0 aromatic heterocycles. The summed E-state index contributed by atoms with van der Waals surface area (Å²) in [7, 11) is 0. The molecule has 2 aromatic rings. The van der Waals surface area contributed by atoms with Crippen molar-refractivity contribution in [1.82, 2.24) is 10.2 Å². The van der Waals surface area contributed by atoms with Crippen LogP contribution in [0.15, 0.2) is 36.4 Å². The van der Waals surface area contributed by atoms with Crippen LogP contribution in [0, 0.1) is 0 Å². The molecule has 1 amide bonds. The van der Waals surface area contributed by atoms with Gasteiger partial charge in [0.25, 0.3) is 5.91 Å². The van der Waals surface area contributed by atoms with E-state index in [1.807, 2.05) is 18.2 Å². The van der Waals surface area contributed by atoms with E-state index in [0.717, 1.165) is 44.1 Å². The zero-order valence-electron chi connectivity index (χ0n) is 17.3. The van der Waals surface area contributed by atoms with Crippen molar-refractivity contribution in [2.75, 3.05) is 56.2 Å². The number of nitrogens with zero attached hydrogens (tertiary/aromatic N) is 2. The Hall–Kier alpha value is -2.55. The highest BCUT2D eigenvalue weighted by molar-refractivity contribution is 7.80. The molecule has 1 saturated heterocycles. The summed E-state index contributed by atoms with van der Waals surface area (Å²) in [5.74, 6) is 0.867. The first-order chi connectivity index (χ1) is 15.0. The first-order valence-corrected chi connectivity index (χ1v) is 11.1. The van der Waals surface area contributed by atoms with Crippen molar-refractivity contribution in [2.24, 2.45) is 0 Å². The normalized spacial score (nSPS) is 16.0. The molecule has 7 nitrogen and oxygen atoms in total. The molecule has 0 atom stereocenters. The van der Waals surface area contributed by atoms with Crippen LogP contribution in [-0.2, 0) is 0 Å². The summed E-state index contributed by atoms with van der Waals surface area (Å²) >= 11 is 11.9. The predicted molar refractivity (Wildman–Crippen MR) is 127 cm³/mol. The molecule has 31 heavy (non-hydrogen) atoms. The zero-order valence-corrected chi connectivity index (χ0v) is 18.9. The van der Waals surface area contributed by atoms with Gasteiger partial charge in [-0.2, -0.15) is 0 Å². The Morgan fingerprint density at radius 2 is 1.84 bits per heavy atom. The zero-order chi connectivity index (χ0) is 21.8. The molecule has 2 aliphatic rings. The van der Waals surface area contributed by atoms with Gasteiger partial charge in [-0.1, -0.05) is 24.6 Å². The maximum Gasteiger partial charge on any atom is 0.257 e. The molecule has 2 N–H and O–H groups in total. The molecule has 0 radical (unpaired) electrons. The first-order valence-electron chi connectivity index (χ1n) is 10.3. The maximum atomic E-state index is 12.7. The lowest BCUT2D eigenvalue weighted by molar-refractivity contribution is 0.0976. The van der Waals surface area contributed by atoms with Crippen LogP contribution in [0.5, 0.6) is 11.5 Å². The SMILES string of the molecule is CCN1CCN(c2c(Cl)cccc2NC(=S)NC(=O)c2ccc3c(c2)OCCO3)CC1. The fraction of sp³-hybridized carbons (Fsp3) is 0.364. The minimum atomic E-state index is -0.324. The summed E-state index contributed by atoms with van der Waals surface area (Å²) in [5, 5.41) is 6.73. The monoisotopic (exact) mass is 460 g/mol. The number of likely N-dealkylation sites (N-methyl/N-ethyl adjacent to an activating group) is 1. The Morgan fingerprint density at radius 1 is 1.10 bits per heavy atom. The molecule has 0 aliphatic carbocycles. The molecular weight excluding hydrogens is 436 g/mol. The molecule has 9 heteroatoms. The van der Waals surface area contributed by atoms with E-state index in [2.05, 4.69) is 27.4 Å². The topological polar surface area (TPSA) is 66.1 Å². The number of nitrogens with one attached hydrogen (secondary N) is 2. The number of halogens is 1. The molecular formula is C22H25ClN4O3S. The smallest absolute Gasteiger partial charge is 0.257 e. The van der Waals surface area contributed by atoms with Crippen molar-refractivity contribution >= 4 is 46.2 Å². The van der Waals surface area contributed by atoms with Gasteiger partial charge in [0, 0.05) is 31.7 Å². The molecule has 2 heterocycles. The van der Waals surface area contributed by atoms with Crippen LogP contribution < -0.4 is 25.0 Å². The van der Waals surface area contributed by atoms with Crippen molar-refractivity contribution in [3.8, 4) is 11.5 Å². The van der Waals surface area contributed by atoms with E-state index in [1.165, 1.54) is 0 Å². The minimum Gasteiger partial charge on any atom is -0.486 e. The van der Waals surface area contributed by atoms with E-state index < -0.39 is 0 Å². The largest absolute Gasteiger partial charge is 0.486 e. The van der Waals surface area contributed by atoms with Gasteiger partial charge in [0.05, 0.1) is 16.4 Å². The Morgan fingerprint density at radius 3 is 2.58 bits per heavy atom. The number of amides is 1. The Labute approximate surface area is 192 Å². The molecule has 0 spiro atoms. The number of para-hydroxylation sites is 1. The van der Waals surface area contributed by atoms with Crippen molar-refractivity contribution in [3.05, 3.63) is 47.0 Å². The van der Waals surface area contributed by atoms with Crippen molar-refractivity contribution < 1.29 is 14.3 Å². The van der Waals surface area contributed by atoms with E-state index in [-0.39, 0.29) is 11.0 Å². The minimum absolute atomic E-state index is 0.204. The fourth-order valence-corrected chi connectivity index (χ4v) is 4.24. The van der Waals surface area contributed by atoms with Crippen LogP contribution in [0.25, 0.3) is 0 Å². The summed E-state index contributed by atoms with van der Waals surface area (Å²) in [6.07, 6.45) is 0. The lowest BCUT2D eigenvalue weighted by Gasteiger charge is -2.37. The Kier molecular flexibility index (Phi) is 6.80. The second kappa shape index (κ2) is 9.72. The molecule has 2 aliphatic heterocycles. The van der Waals surface area contributed by atoms with Crippen LogP contribution in [0.1, 0.15) is 17.3 Å². The fourth-order valence-electron chi connectivity index (χ4n) is 3.74. The summed E-state index contributed by atoms with van der Waals surface area (Å²) in [5.41, 5.74) is 2.11. The van der Waals surface area contributed by atoms with Crippen molar-refractivity contribution in [2.45, 2.75) is 6.92 Å². The van der Waals surface area contributed by atoms with Crippen LogP contribution in [0.4, 0.5) is 11.4 Å². The molecule has 1 fully saturated rings. The second-order valence-electron chi connectivity index (χ2n) is 7.32. The van der Waals surface area contributed by atoms with Crippen molar-refractivity contribution in [1.29, 1.82) is 0 Å². The number of benzene rings is 2. The van der Waals surface area contributed by atoms with Crippen molar-refractivity contribution in [3.63, 3.8) is 0 Å². The second-order valence-corrected chi connectivity index (χ2v) is 8.14. The number of fused-ring (bicyclic) bond motifs is 1. The van der Waals surface area contributed by atoms with Gasteiger partial charge in [-0.15, -0.1) is 0 Å². The lowest BCUT2D eigenvalue weighted by Crippen LogP contribution is -2.46. The van der Waals surface area contributed by atoms with E-state index in [0.29, 0.717) is 35.3 Å². The lowest BCUT2D eigenvalue weighted by atomic mass is 10.2.